The maximum Gasteiger partial charge on any atom is 0.124 e. The number of hydrogen-bond acceptors (Lipinski definition) is 6. The maximum atomic E-state index is 11.2. The summed E-state index contributed by atoms with van der Waals surface area (Å²) in [7, 11) is 0. The van der Waals surface area contributed by atoms with Crippen molar-refractivity contribution in [3.05, 3.63) is 215 Å². The van der Waals surface area contributed by atoms with Crippen LogP contribution in [0.3, 0.4) is 0 Å². The van der Waals surface area contributed by atoms with Gasteiger partial charge in [0.25, 0.3) is 0 Å². The maximum absolute atomic E-state index is 11.2. The molecule has 0 bridgehead atoms. The number of aliphatic imine (C=N–C) groups is 1. The van der Waals surface area contributed by atoms with E-state index in [2.05, 4.69) is 190 Å². The number of rotatable bonds is 15. The van der Waals surface area contributed by atoms with Crippen molar-refractivity contribution in [2.24, 2.45) is 10.4 Å². The first-order chi connectivity index (χ1) is 31.5. The van der Waals surface area contributed by atoms with Gasteiger partial charge in [0, 0.05) is 71.1 Å². The lowest BCUT2D eigenvalue weighted by Gasteiger charge is -2.27. The van der Waals surface area contributed by atoms with Crippen LogP contribution < -0.4 is 15.1 Å². The molecule has 0 aromatic heterocycles. The summed E-state index contributed by atoms with van der Waals surface area (Å²) in [6.07, 6.45) is 1.77. The molecule has 3 N–H and O–H groups in total. The van der Waals surface area contributed by atoms with E-state index in [-0.39, 0.29) is 16.9 Å². The molecule has 0 aliphatic heterocycles. The lowest BCUT2D eigenvalue weighted by molar-refractivity contribution is 0.351. The van der Waals surface area contributed by atoms with Crippen molar-refractivity contribution in [1.82, 2.24) is 5.32 Å². The van der Waals surface area contributed by atoms with Crippen molar-refractivity contribution >= 4 is 40.3 Å². The molecule has 0 heterocycles. The van der Waals surface area contributed by atoms with E-state index in [1.807, 2.05) is 48.5 Å². The fourth-order valence-corrected chi connectivity index (χ4v) is 8.91. The zero-order valence-electron chi connectivity index (χ0n) is 38.3. The first-order valence-electron chi connectivity index (χ1n) is 22.3. The zero-order chi connectivity index (χ0) is 45.5. The fourth-order valence-electron chi connectivity index (χ4n) is 8.91. The minimum absolute atomic E-state index is 0.172. The quantitative estimate of drug-likeness (QED) is 0.0896. The van der Waals surface area contributed by atoms with E-state index in [1.165, 1.54) is 0 Å². The number of aromatic hydroxyl groups is 2. The van der Waals surface area contributed by atoms with E-state index in [4.69, 9.17) is 4.99 Å². The molecular formula is C59H58N4O2. The van der Waals surface area contributed by atoms with Crippen molar-refractivity contribution in [1.29, 1.82) is 0 Å². The van der Waals surface area contributed by atoms with Crippen LogP contribution in [0, 0.1) is 33.1 Å². The molecule has 0 aliphatic rings. The predicted molar refractivity (Wildman–Crippen MR) is 273 cm³/mol. The Kier molecular flexibility index (Phi) is 13.3. The van der Waals surface area contributed by atoms with E-state index in [0.717, 1.165) is 84.2 Å². The number of para-hydroxylation sites is 4. The van der Waals surface area contributed by atoms with Gasteiger partial charge in [0.15, 0.2) is 0 Å². The first-order valence-corrected chi connectivity index (χ1v) is 22.3. The number of hydrogen-bond donors (Lipinski definition) is 3. The van der Waals surface area contributed by atoms with Crippen LogP contribution in [0.4, 0.5) is 34.1 Å². The van der Waals surface area contributed by atoms with Crippen LogP contribution in [0.1, 0.15) is 47.2 Å². The number of phenolic OH excluding ortho intramolecular Hbond substituents is 2. The minimum Gasteiger partial charge on any atom is -0.508 e. The Labute approximate surface area is 384 Å². The Bertz CT molecular complexity index is 2790. The number of nitrogens with one attached hydrogen (secondary N) is 1. The Morgan fingerprint density at radius 2 is 0.862 bits per heavy atom. The van der Waals surface area contributed by atoms with E-state index in [0.29, 0.717) is 25.2 Å². The molecule has 0 unspecified atom stereocenters. The van der Waals surface area contributed by atoms with Gasteiger partial charge < -0.3 is 25.3 Å². The second-order valence-electron chi connectivity index (χ2n) is 17.8. The van der Waals surface area contributed by atoms with Crippen LogP contribution in [-0.2, 0) is 6.54 Å². The third-order valence-electron chi connectivity index (χ3n) is 12.0. The Hall–Kier alpha value is -7.41. The summed E-state index contributed by atoms with van der Waals surface area (Å²) < 4.78 is 0. The number of phenols is 2. The van der Waals surface area contributed by atoms with Gasteiger partial charge >= 0.3 is 0 Å². The SMILES string of the molecule is Cc1cc(N(c2ccccc2)c2ccccc2)cc(C)c1-c1ccc(/C=N/CC(C)(C)CNCc2ccc(-c3c(C)cc(N(c4ccccc4)c4ccccc4)cc3C)cc2O)c(O)c1. The molecule has 0 aliphatic carbocycles. The third-order valence-corrected chi connectivity index (χ3v) is 12.0. The summed E-state index contributed by atoms with van der Waals surface area (Å²) in [6, 6.07) is 62.4. The zero-order valence-corrected chi connectivity index (χ0v) is 38.3. The second-order valence-corrected chi connectivity index (χ2v) is 17.8. The van der Waals surface area contributed by atoms with Gasteiger partial charge in [-0.3, -0.25) is 4.99 Å². The van der Waals surface area contributed by atoms with Crippen molar-refractivity contribution in [2.75, 3.05) is 22.9 Å². The van der Waals surface area contributed by atoms with Gasteiger partial charge in [0.2, 0.25) is 0 Å². The summed E-state index contributed by atoms with van der Waals surface area (Å²) in [4.78, 5) is 9.32. The molecule has 0 amide bonds. The molecule has 6 nitrogen and oxygen atoms in total. The fraction of sp³-hybridized carbons (Fsp3) is 0.169. The Morgan fingerprint density at radius 3 is 1.25 bits per heavy atom. The number of anilines is 6. The topological polar surface area (TPSA) is 71.3 Å². The second kappa shape index (κ2) is 19.5. The first kappa shape index (κ1) is 44.2. The van der Waals surface area contributed by atoms with Gasteiger partial charge in [-0.15, -0.1) is 0 Å². The van der Waals surface area contributed by atoms with Gasteiger partial charge in [0.05, 0.1) is 0 Å². The molecule has 0 atom stereocenters. The highest BCUT2D eigenvalue weighted by Crippen LogP contribution is 2.41. The van der Waals surface area contributed by atoms with Gasteiger partial charge in [-0.25, -0.2) is 0 Å². The predicted octanol–water partition coefficient (Wildman–Crippen LogP) is 14.8. The van der Waals surface area contributed by atoms with Gasteiger partial charge in [-0.2, -0.15) is 0 Å². The summed E-state index contributed by atoms with van der Waals surface area (Å²) in [5, 5.41) is 26.0. The average molecular weight is 855 g/mol. The van der Waals surface area contributed by atoms with E-state index in [9.17, 15) is 10.2 Å². The molecule has 0 saturated carbocycles. The molecule has 6 heteroatoms. The highest BCUT2D eigenvalue weighted by Gasteiger charge is 2.20. The minimum atomic E-state index is -0.172. The van der Waals surface area contributed by atoms with Crippen LogP contribution in [0.25, 0.3) is 22.3 Å². The summed E-state index contributed by atoms with van der Waals surface area (Å²) in [5.41, 5.74) is 16.6. The molecule has 65 heavy (non-hydrogen) atoms. The smallest absolute Gasteiger partial charge is 0.124 e. The van der Waals surface area contributed by atoms with Crippen LogP contribution in [-0.4, -0.2) is 29.5 Å². The molecular weight excluding hydrogens is 797 g/mol. The highest BCUT2D eigenvalue weighted by molar-refractivity contribution is 5.87. The van der Waals surface area contributed by atoms with Gasteiger partial charge in [0.1, 0.15) is 11.5 Å². The largest absolute Gasteiger partial charge is 0.508 e. The molecule has 8 aromatic carbocycles. The summed E-state index contributed by atoms with van der Waals surface area (Å²) >= 11 is 0. The monoisotopic (exact) mass is 854 g/mol. The average Bonchev–Trinajstić information content (AvgIpc) is 3.29. The van der Waals surface area contributed by atoms with E-state index >= 15 is 0 Å². The lowest BCUT2D eigenvalue weighted by atomic mass is 9.92. The molecule has 8 aromatic rings. The molecule has 8 rings (SSSR count). The standard InChI is InChI=1S/C59H58N4O2/c1-41-31-53(62(49-19-11-7-12-20-49)50-21-13-8-14-22-50)32-42(2)57(41)45-27-29-47(55(64)35-45)37-60-39-59(5,6)40-61-38-48-30-28-46(36-56(48)65)58-43(3)33-54(34-44(58)4)63(51-23-15-9-16-24-51)52-25-17-10-18-26-52/h7-37,61,64-65H,38-40H2,1-6H3/b60-37+. The van der Waals surface area contributed by atoms with Gasteiger partial charge in [-0.05, 0) is 169 Å². The summed E-state index contributed by atoms with van der Waals surface area (Å²) in [6.45, 7) is 14.7. The van der Waals surface area contributed by atoms with Crippen LogP contribution in [0.15, 0.2) is 187 Å². The normalized spacial score (nSPS) is 11.5. The van der Waals surface area contributed by atoms with E-state index in [1.54, 1.807) is 6.21 Å². The lowest BCUT2D eigenvalue weighted by Crippen LogP contribution is -2.31. The van der Waals surface area contributed by atoms with Crippen LogP contribution in [0.5, 0.6) is 11.5 Å². The molecule has 326 valence electrons. The van der Waals surface area contributed by atoms with E-state index < -0.39 is 0 Å². The van der Waals surface area contributed by atoms with Gasteiger partial charge in [-0.1, -0.05) is 105 Å². The van der Waals surface area contributed by atoms with Crippen molar-refractivity contribution in [3.8, 4) is 33.8 Å². The number of benzene rings is 8. The summed E-state index contributed by atoms with van der Waals surface area (Å²) in [5.74, 6) is 0.465. The molecule has 0 radical (unpaired) electrons. The van der Waals surface area contributed by atoms with Crippen molar-refractivity contribution < 1.29 is 10.2 Å². The Balaban J connectivity index is 0.898. The number of nitrogens with zero attached hydrogens (tertiary/aromatic N) is 3. The Morgan fingerprint density at radius 1 is 0.477 bits per heavy atom. The van der Waals surface area contributed by atoms with Crippen molar-refractivity contribution in [3.63, 3.8) is 0 Å². The highest BCUT2D eigenvalue weighted by atomic mass is 16.3. The van der Waals surface area contributed by atoms with Crippen molar-refractivity contribution in [2.45, 2.75) is 48.1 Å². The molecule has 0 saturated heterocycles. The molecule has 0 spiro atoms. The number of aryl methyl sites for hydroxylation is 4. The van der Waals surface area contributed by atoms with Crippen LogP contribution in [0.2, 0.25) is 0 Å². The van der Waals surface area contributed by atoms with Crippen LogP contribution >= 0.6 is 0 Å². The molecule has 0 fully saturated rings. The third kappa shape index (κ3) is 10.2.